The van der Waals surface area contributed by atoms with Crippen molar-refractivity contribution in [2.75, 3.05) is 4.72 Å². The minimum absolute atomic E-state index is 0.262. The molecule has 0 amide bonds. The van der Waals surface area contributed by atoms with E-state index in [9.17, 15) is 8.42 Å². The molecule has 0 aliphatic carbocycles. The molecule has 0 unspecified atom stereocenters. The molecule has 1 N–H and O–H groups in total. The van der Waals surface area contributed by atoms with Crippen LogP contribution in [0.4, 0.5) is 5.69 Å². The zero-order valence-electron chi connectivity index (χ0n) is 12.9. The molecule has 0 atom stereocenters. The highest BCUT2D eigenvalue weighted by molar-refractivity contribution is 7.92. The van der Waals surface area contributed by atoms with Crippen LogP contribution in [0.5, 0.6) is 0 Å². The van der Waals surface area contributed by atoms with Crippen LogP contribution in [0.2, 0.25) is 0 Å². The van der Waals surface area contributed by atoms with Gasteiger partial charge in [-0.3, -0.25) is 9.71 Å². The van der Waals surface area contributed by atoms with Gasteiger partial charge in [-0.2, -0.15) is 0 Å². The van der Waals surface area contributed by atoms with Crippen molar-refractivity contribution >= 4 is 26.6 Å². The van der Waals surface area contributed by atoms with Gasteiger partial charge in [0.05, 0.1) is 16.1 Å². The second kappa shape index (κ2) is 6.38. The van der Waals surface area contributed by atoms with Gasteiger partial charge in [-0.05, 0) is 48.4 Å². The zero-order valence-corrected chi connectivity index (χ0v) is 13.7. The van der Waals surface area contributed by atoms with Crippen LogP contribution in [0.25, 0.3) is 10.9 Å². The Morgan fingerprint density at radius 1 is 1.00 bits per heavy atom. The Labute approximate surface area is 136 Å². The molecule has 0 aliphatic heterocycles. The molecule has 2 aromatic carbocycles. The minimum atomic E-state index is -3.61. The summed E-state index contributed by atoms with van der Waals surface area (Å²) in [4.78, 5) is 4.50. The van der Waals surface area contributed by atoms with E-state index in [1.54, 1.807) is 36.5 Å². The first-order valence-corrected chi connectivity index (χ1v) is 9.04. The predicted octanol–water partition coefficient (Wildman–Crippen LogP) is 3.99. The number of sulfonamides is 1. The second-order valence-electron chi connectivity index (χ2n) is 5.38. The highest BCUT2D eigenvalue weighted by Crippen LogP contribution is 2.24. The van der Waals surface area contributed by atoms with Crippen molar-refractivity contribution in [2.24, 2.45) is 0 Å². The molecule has 118 valence electrons. The lowest BCUT2D eigenvalue weighted by Gasteiger charge is -2.11. The lowest BCUT2D eigenvalue weighted by molar-refractivity contribution is 0.601. The molecule has 0 fully saturated rings. The molecule has 0 saturated carbocycles. The molecule has 0 bridgehead atoms. The molecule has 0 spiro atoms. The third-order valence-electron chi connectivity index (χ3n) is 3.66. The van der Waals surface area contributed by atoms with Gasteiger partial charge < -0.3 is 0 Å². The number of fused-ring (bicyclic) bond motifs is 1. The van der Waals surface area contributed by atoms with E-state index in [1.807, 2.05) is 24.3 Å². The highest BCUT2D eigenvalue weighted by atomic mass is 32.2. The van der Waals surface area contributed by atoms with Crippen LogP contribution in [0.15, 0.2) is 65.7 Å². The van der Waals surface area contributed by atoms with Gasteiger partial charge in [0.1, 0.15) is 0 Å². The Hall–Kier alpha value is -2.40. The highest BCUT2D eigenvalue weighted by Gasteiger charge is 2.15. The fourth-order valence-electron chi connectivity index (χ4n) is 2.52. The van der Waals surface area contributed by atoms with Crippen molar-refractivity contribution in [3.63, 3.8) is 0 Å². The van der Waals surface area contributed by atoms with Crippen molar-refractivity contribution in [3.05, 3.63) is 66.4 Å². The molecule has 5 heteroatoms. The van der Waals surface area contributed by atoms with E-state index in [-0.39, 0.29) is 4.90 Å². The maximum atomic E-state index is 12.6. The number of hydrogen-bond acceptors (Lipinski definition) is 3. The summed E-state index contributed by atoms with van der Waals surface area (Å²) in [6.07, 6.45) is 3.67. The summed E-state index contributed by atoms with van der Waals surface area (Å²) in [5, 5.41) is 0.779. The van der Waals surface area contributed by atoms with E-state index < -0.39 is 10.0 Å². The minimum Gasteiger partial charge on any atom is -0.279 e. The molecule has 0 radical (unpaired) electrons. The average molecular weight is 326 g/mol. The number of benzene rings is 2. The van der Waals surface area contributed by atoms with E-state index in [2.05, 4.69) is 16.6 Å². The van der Waals surface area contributed by atoms with Crippen molar-refractivity contribution < 1.29 is 8.42 Å². The number of hydrogen-bond donors (Lipinski definition) is 1. The standard InChI is InChI=1S/C18H18N2O2S/c1-2-5-14-9-11-15(12-10-14)23(21,22)20-18-8-3-7-17-16(18)6-4-13-19-17/h3-4,6-13,20H,2,5H2,1H3. The van der Waals surface area contributed by atoms with E-state index in [4.69, 9.17) is 0 Å². The summed E-state index contributed by atoms with van der Waals surface area (Å²) in [5.74, 6) is 0. The van der Waals surface area contributed by atoms with Gasteiger partial charge in [-0.15, -0.1) is 0 Å². The molecule has 1 heterocycles. The molecule has 23 heavy (non-hydrogen) atoms. The van der Waals surface area contributed by atoms with Crippen molar-refractivity contribution in [3.8, 4) is 0 Å². The predicted molar refractivity (Wildman–Crippen MR) is 93.0 cm³/mol. The summed E-state index contributed by atoms with van der Waals surface area (Å²) in [6.45, 7) is 2.10. The third kappa shape index (κ3) is 3.35. The van der Waals surface area contributed by atoms with Crippen LogP contribution in [0.3, 0.4) is 0 Å². The Balaban J connectivity index is 1.93. The van der Waals surface area contributed by atoms with Crippen molar-refractivity contribution in [2.45, 2.75) is 24.7 Å². The number of aromatic nitrogens is 1. The summed E-state index contributed by atoms with van der Waals surface area (Å²) in [6, 6.07) is 16.1. The molecule has 0 saturated heterocycles. The molecule has 1 aromatic heterocycles. The molecule has 3 aromatic rings. The maximum Gasteiger partial charge on any atom is 0.261 e. The number of pyridine rings is 1. The van der Waals surface area contributed by atoms with Crippen LogP contribution in [0, 0.1) is 0 Å². The monoisotopic (exact) mass is 326 g/mol. The number of anilines is 1. The summed E-state index contributed by atoms with van der Waals surface area (Å²) in [7, 11) is -3.61. The van der Waals surface area contributed by atoms with Gasteiger partial charge in [0, 0.05) is 11.6 Å². The van der Waals surface area contributed by atoms with Gasteiger partial charge in [-0.25, -0.2) is 8.42 Å². The maximum absolute atomic E-state index is 12.6. The zero-order chi connectivity index (χ0) is 16.3. The van der Waals surface area contributed by atoms with Crippen molar-refractivity contribution in [1.82, 2.24) is 4.98 Å². The quantitative estimate of drug-likeness (QED) is 0.771. The van der Waals surface area contributed by atoms with Crippen LogP contribution >= 0.6 is 0 Å². The Bertz CT molecular complexity index is 914. The SMILES string of the molecule is CCCc1ccc(S(=O)(=O)Nc2cccc3ncccc23)cc1. The molecule has 3 rings (SSSR count). The fourth-order valence-corrected chi connectivity index (χ4v) is 3.60. The molecular weight excluding hydrogens is 308 g/mol. The van der Waals surface area contributed by atoms with Crippen LogP contribution in [-0.2, 0) is 16.4 Å². The summed E-state index contributed by atoms with van der Waals surface area (Å²) < 4.78 is 27.8. The van der Waals surface area contributed by atoms with Crippen LogP contribution in [0.1, 0.15) is 18.9 Å². The lowest BCUT2D eigenvalue weighted by Crippen LogP contribution is -2.13. The van der Waals surface area contributed by atoms with Gasteiger partial charge in [0.2, 0.25) is 0 Å². The molecule has 4 nitrogen and oxygen atoms in total. The van der Waals surface area contributed by atoms with E-state index >= 15 is 0 Å². The summed E-state index contributed by atoms with van der Waals surface area (Å²) >= 11 is 0. The lowest BCUT2D eigenvalue weighted by atomic mass is 10.1. The van der Waals surface area contributed by atoms with Crippen LogP contribution in [-0.4, -0.2) is 13.4 Å². The Kier molecular flexibility index (Phi) is 4.30. The Morgan fingerprint density at radius 2 is 1.78 bits per heavy atom. The first-order chi connectivity index (χ1) is 11.1. The first-order valence-electron chi connectivity index (χ1n) is 7.55. The largest absolute Gasteiger partial charge is 0.279 e. The van der Waals surface area contributed by atoms with Gasteiger partial charge in [0.25, 0.3) is 10.0 Å². The summed E-state index contributed by atoms with van der Waals surface area (Å²) in [5.41, 5.74) is 2.43. The van der Waals surface area contributed by atoms with E-state index in [0.717, 1.165) is 29.3 Å². The van der Waals surface area contributed by atoms with Gasteiger partial charge >= 0.3 is 0 Å². The number of rotatable bonds is 5. The van der Waals surface area contributed by atoms with Crippen LogP contribution < -0.4 is 4.72 Å². The topological polar surface area (TPSA) is 59.1 Å². The smallest absolute Gasteiger partial charge is 0.261 e. The fraction of sp³-hybridized carbons (Fsp3) is 0.167. The number of nitrogens with zero attached hydrogens (tertiary/aromatic N) is 1. The van der Waals surface area contributed by atoms with E-state index in [0.29, 0.717) is 5.69 Å². The normalized spacial score (nSPS) is 11.5. The van der Waals surface area contributed by atoms with E-state index in [1.165, 1.54) is 0 Å². The number of aryl methyl sites for hydroxylation is 1. The third-order valence-corrected chi connectivity index (χ3v) is 5.04. The second-order valence-corrected chi connectivity index (χ2v) is 7.06. The first kappa shape index (κ1) is 15.5. The van der Waals surface area contributed by atoms with Gasteiger partial charge in [-0.1, -0.05) is 31.5 Å². The molecular formula is C18H18N2O2S. The van der Waals surface area contributed by atoms with Gasteiger partial charge in [0.15, 0.2) is 0 Å². The Morgan fingerprint density at radius 3 is 2.52 bits per heavy atom. The molecule has 0 aliphatic rings. The number of nitrogens with one attached hydrogen (secondary N) is 1. The van der Waals surface area contributed by atoms with Crippen molar-refractivity contribution in [1.29, 1.82) is 0 Å². The average Bonchev–Trinajstić information content (AvgIpc) is 2.56.